The molecule has 1 N–H and O–H groups in total. The number of hydrogen-bond donors (Lipinski definition) is 1. The zero-order valence-corrected chi connectivity index (χ0v) is 12.4. The van der Waals surface area contributed by atoms with Crippen molar-refractivity contribution in [2.24, 2.45) is 0 Å². The number of aromatic nitrogens is 2. The molecular weight excluding hydrogens is 276 g/mol. The predicted molar refractivity (Wildman–Crippen MR) is 84.6 cm³/mol. The molecule has 110 valence electrons. The van der Waals surface area contributed by atoms with E-state index in [1.807, 2.05) is 38.1 Å². The summed E-state index contributed by atoms with van der Waals surface area (Å²) >= 11 is 0. The van der Waals surface area contributed by atoms with Crippen LogP contribution in [0, 0.1) is 13.8 Å². The van der Waals surface area contributed by atoms with Crippen LogP contribution in [0.1, 0.15) is 27.0 Å². The van der Waals surface area contributed by atoms with Crippen LogP contribution in [0.15, 0.2) is 54.9 Å². The molecule has 3 rings (SSSR count). The maximum Gasteiger partial charge on any atom is 0.199 e. The van der Waals surface area contributed by atoms with E-state index in [1.54, 1.807) is 23.0 Å². The summed E-state index contributed by atoms with van der Waals surface area (Å²) in [6, 6.07) is 12.9. The summed E-state index contributed by atoms with van der Waals surface area (Å²) in [6.07, 6.45) is 3.19. The Kier molecular flexibility index (Phi) is 3.51. The van der Waals surface area contributed by atoms with Gasteiger partial charge in [0.1, 0.15) is 5.75 Å². The number of aryl methyl sites for hydroxylation is 2. The number of aromatic hydroxyl groups is 1. The van der Waals surface area contributed by atoms with Gasteiger partial charge >= 0.3 is 0 Å². The lowest BCUT2D eigenvalue weighted by molar-refractivity contribution is 0.103. The Labute approximate surface area is 128 Å². The lowest BCUT2D eigenvalue weighted by atomic mass is 10.0. The van der Waals surface area contributed by atoms with Crippen molar-refractivity contribution >= 4 is 5.78 Å². The van der Waals surface area contributed by atoms with Crippen molar-refractivity contribution in [3.63, 3.8) is 0 Å². The van der Waals surface area contributed by atoms with Gasteiger partial charge in [-0.15, -0.1) is 0 Å². The van der Waals surface area contributed by atoms with Gasteiger partial charge in [0.15, 0.2) is 5.78 Å². The van der Waals surface area contributed by atoms with Crippen LogP contribution in [0.2, 0.25) is 0 Å². The molecule has 0 spiro atoms. The Bertz CT molecular complexity index is 833. The molecule has 0 aliphatic rings. The van der Waals surface area contributed by atoms with Crippen LogP contribution in [0.5, 0.6) is 5.75 Å². The van der Waals surface area contributed by atoms with Crippen molar-refractivity contribution in [1.29, 1.82) is 0 Å². The molecule has 0 unspecified atom stereocenters. The minimum atomic E-state index is -0.237. The maximum absolute atomic E-state index is 12.5. The van der Waals surface area contributed by atoms with Crippen LogP contribution in [0.4, 0.5) is 0 Å². The van der Waals surface area contributed by atoms with E-state index in [0.717, 1.165) is 16.8 Å². The van der Waals surface area contributed by atoms with Crippen LogP contribution in [0.3, 0.4) is 0 Å². The lowest BCUT2D eigenvalue weighted by Gasteiger charge is -2.03. The fraction of sp³-hybridized carbons (Fsp3) is 0.111. The van der Waals surface area contributed by atoms with Gasteiger partial charge in [-0.2, -0.15) is 5.10 Å². The number of rotatable bonds is 3. The van der Waals surface area contributed by atoms with Gasteiger partial charge in [0, 0.05) is 6.20 Å². The topological polar surface area (TPSA) is 55.1 Å². The van der Waals surface area contributed by atoms with E-state index in [4.69, 9.17) is 0 Å². The number of ketones is 1. The molecule has 4 heteroatoms. The first kappa shape index (κ1) is 14.1. The molecule has 0 radical (unpaired) electrons. The minimum Gasteiger partial charge on any atom is -0.507 e. The smallest absolute Gasteiger partial charge is 0.199 e. The van der Waals surface area contributed by atoms with E-state index in [0.29, 0.717) is 11.1 Å². The molecule has 22 heavy (non-hydrogen) atoms. The van der Waals surface area contributed by atoms with Crippen LogP contribution < -0.4 is 0 Å². The minimum absolute atomic E-state index is 0.0151. The van der Waals surface area contributed by atoms with E-state index < -0.39 is 0 Å². The zero-order chi connectivity index (χ0) is 15.7. The van der Waals surface area contributed by atoms with Gasteiger partial charge in [-0.3, -0.25) is 4.79 Å². The molecule has 0 fully saturated rings. The highest BCUT2D eigenvalue weighted by atomic mass is 16.3. The van der Waals surface area contributed by atoms with Crippen LogP contribution in [-0.2, 0) is 0 Å². The van der Waals surface area contributed by atoms with Crippen molar-refractivity contribution in [1.82, 2.24) is 9.78 Å². The molecule has 0 bridgehead atoms. The number of carbonyl (C=O) groups is 1. The van der Waals surface area contributed by atoms with Gasteiger partial charge in [0.25, 0.3) is 0 Å². The molecule has 3 aromatic rings. The first-order valence-electron chi connectivity index (χ1n) is 7.00. The monoisotopic (exact) mass is 292 g/mol. The lowest BCUT2D eigenvalue weighted by Crippen LogP contribution is -2.01. The Morgan fingerprint density at radius 2 is 1.73 bits per heavy atom. The van der Waals surface area contributed by atoms with Crippen molar-refractivity contribution in [2.75, 3.05) is 0 Å². The first-order chi connectivity index (χ1) is 10.5. The van der Waals surface area contributed by atoms with E-state index in [9.17, 15) is 9.90 Å². The summed E-state index contributed by atoms with van der Waals surface area (Å²) in [5.41, 5.74) is 3.71. The van der Waals surface area contributed by atoms with E-state index in [-0.39, 0.29) is 11.5 Å². The van der Waals surface area contributed by atoms with Gasteiger partial charge in [-0.25, -0.2) is 4.68 Å². The average molecular weight is 292 g/mol. The standard InChI is InChI=1S/C18H16N2O2/c1-12-3-6-15(7-4-12)20-11-14(10-19-20)18(22)16-9-13(2)5-8-17(16)21/h3-11,21H,1-2H3. The second kappa shape index (κ2) is 5.48. The summed E-state index contributed by atoms with van der Waals surface area (Å²) in [5, 5.41) is 14.1. The molecule has 0 aliphatic heterocycles. The van der Waals surface area contributed by atoms with Gasteiger partial charge in [-0.1, -0.05) is 29.3 Å². The van der Waals surface area contributed by atoms with Crippen molar-refractivity contribution in [3.8, 4) is 11.4 Å². The predicted octanol–water partition coefficient (Wildman–Crippen LogP) is 3.43. The molecular formula is C18H16N2O2. The second-order valence-corrected chi connectivity index (χ2v) is 5.36. The third kappa shape index (κ3) is 2.63. The molecule has 4 nitrogen and oxygen atoms in total. The van der Waals surface area contributed by atoms with Crippen molar-refractivity contribution < 1.29 is 9.90 Å². The normalized spacial score (nSPS) is 10.6. The quantitative estimate of drug-likeness (QED) is 0.752. The largest absolute Gasteiger partial charge is 0.507 e. The summed E-state index contributed by atoms with van der Waals surface area (Å²) in [7, 11) is 0. The molecule has 0 aliphatic carbocycles. The Morgan fingerprint density at radius 1 is 1.05 bits per heavy atom. The van der Waals surface area contributed by atoms with Crippen LogP contribution >= 0.6 is 0 Å². The number of phenols is 1. The van der Waals surface area contributed by atoms with Crippen LogP contribution in [-0.4, -0.2) is 20.7 Å². The zero-order valence-electron chi connectivity index (χ0n) is 12.4. The molecule has 0 atom stereocenters. The number of carbonyl (C=O) groups excluding carboxylic acids is 1. The number of phenolic OH excluding ortho intramolecular Hbond substituents is 1. The summed E-state index contributed by atoms with van der Waals surface area (Å²) in [4.78, 5) is 12.5. The third-order valence-corrected chi connectivity index (χ3v) is 3.54. The molecule has 1 heterocycles. The number of nitrogens with zero attached hydrogens (tertiary/aromatic N) is 2. The molecule has 0 saturated carbocycles. The van der Waals surface area contributed by atoms with Crippen molar-refractivity contribution in [2.45, 2.75) is 13.8 Å². The molecule has 0 amide bonds. The fourth-order valence-corrected chi connectivity index (χ4v) is 2.27. The van der Waals surface area contributed by atoms with E-state index in [1.165, 1.54) is 12.3 Å². The highest BCUT2D eigenvalue weighted by Crippen LogP contribution is 2.22. The summed E-state index contributed by atoms with van der Waals surface area (Å²) in [6.45, 7) is 3.90. The van der Waals surface area contributed by atoms with E-state index >= 15 is 0 Å². The SMILES string of the molecule is Cc1ccc(-n2cc(C(=O)c3cc(C)ccc3O)cn2)cc1. The third-order valence-electron chi connectivity index (χ3n) is 3.54. The Balaban J connectivity index is 1.95. The second-order valence-electron chi connectivity index (χ2n) is 5.36. The molecule has 0 saturated heterocycles. The number of hydrogen-bond acceptors (Lipinski definition) is 3. The van der Waals surface area contributed by atoms with Gasteiger partial charge < -0.3 is 5.11 Å². The van der Waals surface area contributed by atoms with Gasteiger partial charge in [0.05, 0.1) is 23.0 Å². The highest BCUT2D eigenvalue weighted by molar-refractivity contribution is 6.10. The van der Waals surface area contributed by atoms with E-state index in [2.05, 4.69) is 5.10 Å². The fourth-order valence-electron chi connectivity index (χ4n) is 2.27. The molecule has 1 aromatic heterocycles. The van der Waals surface area contributed by atoms with Gasteiger partial charge in [0.2, 0.25) is 0 Å². The Morgan fingerprint density at radius 3 is 2.45 bits per heavy atom. The summed E-state index contributed by atoms with van der Waals surface area (Å²) < 4.78 is 1.65. The van der Waals surface area contributed by atoms with Crippen molar-refractivity contribution in [3.05, 3.63) is 77.1 Å². The van der Waals surface area contributed by atoms with Crippen LogP contribution in [0.25, 0.3) is 5.69 Å². The highest BCUT2D eigenvalue weighted by Gasteiger charge is 2.16. The average Bonchev–Trinajstić information content (AvgIpc) is 2.99. The summed E-state index contributed by atoms with van der Waals surface area (Å²) in [5.74, 6) is -0.252. The maximum atomic E-state index is 12.5. The Hall–Kier alpha value is -2.88. The first-order valence-corrected chi connectivity index (χ1v) is 7.00. The van der Waals surface area contributed by atoms with Gasteiger partial charge in [-0.05, 0) is 38.1 Å². The number of benzene rings is 2. The molecule has 2 aromatic carbocycles.